The normalized spacial score (nSPS) is 21.2. The monoisotopic (exact) mass is 275 g/mol. The Bertz CT molecular complexity index is 266. The maximum atomic E-state index is 10.8. The van der Waals surface area contributed by atoms with Gasteiger partial charge in [-0.2, -0.15) is 0 Å². The summed E-state index contributed by atoms with van der Waals surface area (Å²) in [4.78, 5) is 12.9. The van der Waals surface area contributed by atoms with Crippen molar-refractivity contribution in [3.8, 4) is 0 Å². The molecule has 1 heterocycles. The first-order chi connectivity index (χ1) is 9.02. The number of rotatable bonds is 8. The lowest BCUT2D eigenvalue weighted by molar-refractivity contribution is -0.143. The van der Waals surface area contributed by atoms with Crippen LogP contribution in [-0.2, 0) is 14.3 Å². The molecule has 0 spiro atoms. The van der Waals surface area contributed by atoms with E-state index >= 15 is 0 Å². The number of aliphatic hydroxyl groups excluding tert-OH is 1. The van der Waals surface area contributed by atoms with Crippen LogP contribution >= 0.6 is 0 Å². The zero-order valence-electron chi connectivity index (χ0n) is 11.7. The molecule has 6 heteroatoms. The van der Waals surface area contributed by atoms with Gasteiger partial charge in [-0.15, -0.1) is 0 Å². The number of hydrogen-bond donors (Lipinski definition) is 2. The molecule has 0 amide bonds. The number of carbonyl (C=O) groups is 1. The van der Waals surface area contributed by atoms with Gasteiger partial charge in [-0.05, 0) is 32.9 Å². The van der Waals surface area contributed by atoms with Crippen molar-refractivity contribution in [3.63, 3.8) is 0 Å². The maximum Gasteiger partial charge on any atom is 0.306 e. The molecule has 112 valence electrons. The Morgan fingerprint density at radius 3 is 2.53 bits per heavy atom. The van der Waals surface area contributed by atoms with Crippen molar-refractivity contribution in [1.29, 1.82) is 0 Å². The summed E-state index contributed by atoms with van der Waals surface area (Å²) in [6.45, 7) is 4.67. The minimum Gasteiger partial charge on any atom is -0.481 e. The summed E-state index contributed by atoms with van der Waals surface area (Å²) in [6.07, 6.45) is 0.740. The highest BCUT2D eigenvalue weighted by atomic mass is 16.5. The SMILES string of the molecule is COCC(C)OCC(O)CN1CCC(C(=O)O)CC1. The lowest BCUT2D eigenvalue weighted by Crippen LogP contribution is -2.42. The van der Waals surface area contributed by atoms with Gasteiger partial charge in [0.25, 0.3) is 0 Å². The number of aliphatic hydroxyl groups is 1. The van der Waals surface area contributed by atoms with Gasteiger partial charge in [0.2, 0.25) is 0 Å². The summed E-state index contributed by atoms with van der Waals surface area (Å²) in [5.74, 6) is -0.941. The lowest BCUT2D eigenvalue weighted by atomic mass is 9.97. The van der Waals surface area contributed by atoms with Crippen LogP contribution in [0.15, 0.2) is 0 Å². The zero-order chi connectivity index (χ0) is 14.3. The van der Waals surface area contributed by atoms with Crippen LogP contribution in [0, 0.1) is 5.92 Å². The topological polar surface area (TPSA) is 79.2 Å². The van der Waals surface area contributed by atoms with Crippen molar-refractivity contribution in [1.82, 2.24) is 4.90 Å². The second-order valence-electron chi connectivity index (χ2n) is 5.17. The van der Waals surface area contributed by atoms with E-state index in [1.165, 1.54) is 0 Å². The smallest absolute Gasteiger partial charge is 0.306 e. The van der Waals surface area contributed by atoms with Crippen LogP contribution in [0.5, 0.6) is 0 Å². The lowest BCUT2D eigenvalue weighted by Gasteiger charge is -2.31. The predicted octanol–water partition coefficient (Wildman–Crippen LogP) is 0.195. The molecule has 0 radical (unpaired) electrons. The first kappa shape index (κ1) is 16.4. The number of carboxylic acid groups (broad SMARTS) is 1. The number of β-amino-alcohol motifs (C(OH)–C–C–N with tert-alkyl or cyclic N) is 1. The molecule has 0 bridgehead atoms. The summed E-state index contributed by atoms with van der Waals surface area (Å²) < 4.78 is 10.4. The van der Waals surface area contributed by atoms with Crippen LogP contribution in [-0.4, -0.2) is 73.2 Å². The Morgan fingerprint density at radius 2 is 2.00 bits per heavy atom. The largest absolute Gasteiger partial charge is 0.481 e. The van der Waals surface area contributed by atoms with Crippen molar-refractivity contribution < 1.29 is 24.5 Å². The van der Waals surface area contributed by atoms with E-state index in [0.29, 0.717) is 26.0 Å². The van der Waals surface area contributed by atoms with Crippen LogP contribution in [0.2, 0.25) is 0 Å². The van der Waals surface area contributed by atoms with Crippen molar-refractivity contribution >= 4 is 5.97 Å². The first-order valence-electron chi connectivity index (χ1n) is 6.76. The molecular weight excluding hydrogens is 250 g/mol. The Morgan fingerprint density at radius 1 is 1.37 bits per heavy atom. The second-order valence-corrected chi connectivity index (χ2v) is 5.17. The van der Waals surface area contributed by atoms with Crippen molar-refractivity contribution in [3.05, 3.63) is 0 Å². The Kier molecular flexibility index (Phi) is 7.30. The molecule has 1 saturated heterocycles. The van der Waals surface area contributed by atoms with E-state index in [0.717, 1.165) is 13.1 Å². The second kappa shape index (κ2) is 8.47. The molecule has 2 N–H and O–H groups in total. The van der Waals surface area contributed by atoms with Gasteiger partial charge in [0.05, 0.1) is 31.3 Å². The molecule has 1 rings (SSSR count). The van der Waals surface area contributed by atoms with E-state index < -0.39 is 12.1 Å². The number of methoxy groups -OCH3 is 1. The molecule has 0 aromatic carbocycles. The number of likely N-dealkylation sites (tertiary alicyclic amines) is 1. The van der Waals surface area contributed by atoms with Gasteiger partial charge in [-0.1, -0.05) is 0 Å². The van der Waals surface area contributed by atoms with Crippen LogP contribution in [0.3, 0.4) is 0 Å². The molecule has 1 aliphatic heterocycles. The predicted molar refractivity (Wildman–Crippen MR) is 70.1 cm³/mol. The van der Waals surface area contributed by atoms with Gasteiger partial charge < -0.3 is 24.6 Å². The molecule has 2 atom stereocenters. The van der Waals surface area contributed by atoms with Gasteiger partial charge in [0.15, 0.2) is 0 Å². The van der Waals surface area contributed by atoms with Crippen molar-refractivity contribution in [2.45, 2.75) is 32.0 Å². The number of aliphatic carboxylic acids is 1. The van der Waals surface area contributed by atoms with Crippen molar-refractivity contribution in [2.75, 3.05) is 40.0 Å². The summed E-state index contributed by atoms with van der Waals surface area (Å²) >= 11 is 0. The maximum absolute atomic E-state index is 10.8. The highest BCUT2D eigenvalue weighted by Gasteiger charge is 2.25. The number of hydrogen-bond acceptors (Lipinski definition) is 5. The highest BCUT2D eigenvalue weighted by molar-refractivity contribution is 5.70. The summed E-state index contributed by atoms with van der Waals surface area (Å²) in [5.41, 5.74) is 0. The highest BCUT2D eigenvalue weighted by Crippen LogP contribution is 2.17. The molecule has 0 aromatic heterocycles. The number of piperidine rings is 1. The fourth-order valence-electron chi connectivity index (χ4n) is 2.27. The van der Waals surface area contributed by atoms with Crippen molar-refractivity contribution in [2.24, 2.45) is 5.92 Å². The minimum atomic E-state index is -0.711. The van der Waals surface area contributed by atoms with E-state index in [-0.39, 0.29) is 18.6 Å². The van der Waals surface area contributed by atoms with E-state index in [1.54, 1.807) is 7.11 Å². The average Bonchev–Trinajstić information content (AvgIpc) is 2.37. The van der Waals surface area contributed by atoms with Crippen LogP contribution in [0.25, 0.3) is 0 Å². The summed E-state index contributed by atoms with van der Waals surface area (Å²) in [6, 6.07) is 0. The molecule has 1 fully saturated rings. The minimum absolute atomic E-state index is 0.0302. The van der Waals surface area contributed by atoms with Crippen LogP contribution in [0.4, 0.5) is 0 Å². The molecule has 1 aliphatic rings. The fourth-order valence-corrected chi connectivity index (χ4v) is 2.27. The third kappa shape index (κ3) is 6.33. The number of ether oxygens (including phenoxy) is 2. The molecule has 0 aromatic rings. The molecule has 0 aliphatic carbocycles. The Hall–Kier alpha value is -0.690. The van der Waals surface area contributed by atoms with E-state index in [1.807, 2.05) is 6.92 Å². The first-order valence-corrected chi connectivity index (χ1v) is 6.76. The van der Waals surface area contributed by atoms with Gasteiger partial charge >= 0.3 is 5.97 Å². The quantitative estimate of drug-likeness (QED) is 0.658. The number of carboxylic acids is 1. The van der Waals surface area contributed by atoms with E-state index in [2.05, 4.69) is 4.90 Å². The molecule has 19 heavy (non-hydrogen) atoms. The van der Waals surface area contributed by atoms with Gasteiger partial charge in [0.1, 0.15) is 0 Å². The molecule has 0 saturated carbocycles. The summed E-state index contributed by atoms with van der Waals surface area (Å²) in [7, 11) is 1.61. The fraction of sp³-hybridized carbons (Fsp3) is 0.923. The molecular formula is C13H25NO5. The van der Waals surface area contributed by atoms with Crippen LogP contribution in [0.1, 0.15) is 19.8 Å². The Labute approximate surface area is 114 Å². The van der Waals surface area contributed by atoms with Gasteiger partial charge in [-0.25, -0.2) is 0 Å². The Balaban J connectivity index is 2.16. The molecule has 2 unspecified atom stereocenters. The third-order valence-corrected chi connectivity index (χ3v) is 3.38. The van der Waals surface area contributed by atoms with E-state index in [4.69, 9.17) is 14.6 Å². The average molecular weight is 275 g/mol. The van der Waals surface area contributed by atoms with E-state index in [9.17, 15) is 9.90 Å². The standard InChI is InChI=1S/C13H25NO5/c1-10(8-18-2)19-9-12(15)7-14-5-3-11(4-6-14)13(16)17/h10-12,15H,3-9H2,1-2H3,(H,16,17). The van der Waals surface area contributed by atoms with Gasteiger partial charge in [0, 0.05) is 13.7 Å². The van der Waals surface area contributed by atoms with Gasteiger partial charge in [-0.3, -0.25) is 4.79 Å². The molecule has 6 nitrogen and oxygen atoms in total. The summed E-state index contributed by atoms with van der Waals surface area (Å²) in [5, 5.41) is 18.8. The zero-order valence-corrected chi connectivity index (χ0v) is 11.7. The van der Waals surface area contributed by atoms with Crippen LogP contribution < -0.4 is 0 Å². The number of nitrogens with zero attached hydrogens (tertiary/aromatic N) is 1. The third-order valence-electron chi connectivity index (χ3n) is 3.38.